The molecule has 0 aliphatic rings. The van der Waals surface area contributed by atoms with E-state index in [-0.39, 0.29) is 11.6 Å². The van der Waals surface area contributed by atoms with Crippen molar-refractivity contribution in [2.45, 2.75) is 51.7 Å². The third-order valence-corrected chi connectivity index (χ3v) is 8.96. The van der Waals surface area contributed by atoms with Gasteiger partial charge >= 0.3 is 0 Å². The molecule has 0 amide bonds. The third-order valence-electron chi connectivity index (χ3n) is 4.01. The smallest absolute Gasteiger partial charge is 0.264 e. The molecule has 1 aromatic rings. The number of hydrogen-bond acceptors (Lipinski definition) is 4. The molecule has 0 aliphatic heterocycles. The van der Waals surface area contributed by atoms with Crippen LogP contribution in [0.25, 0.3) is 0 Å². The van der Waals surface area contributed by atoms with Gasteiger partial charge in [-0.3, -0.25) is 4.18 Å². The number of aryl methyl sites for hydroxylation is 1. The predicted molar refractivity (Wildman–Crippen MR) is 93.4 cm³/mol. The van der Waals surface area contributed by atoms with Crippen LogP contribution in [-0.4, -0.2) is 29.6 Å². The van der Waals surface area contributed by atoms with Crippen LogP contribution >= 0.6 is 0 Å². The first-order chi connectivity index (χ1) is 9.91. The van der Waals surface area contributed by atoms with Crippen molar-refractivity contribution < 1.29 is 17.0 Å². The molecular weight excluding hydrogens is 316 g/mol. The minimum absolute atomic E-state index is 0.175. The van der Waals surface area contributed by atoms with Gasteiger partial charge in [0.05, 0.1) is 12.9 Å². The standard InChI is InChI=1S/C16H28O4SSi/c1-16(2,3)22(5,6)20-15-11-9-14(10-12-15)8-7-13-19-21(4,17)18/h9-12H,7-8,13H2,1-6H3. The van der Waals surface area contributed by atoms with E-state index in [1.807, 2.05) is 24.3 Å². The highest BCUT2D eigenvalue weighted by Gasteiger charge is 2.38. The molecule has 0 aliphatic carbocycles. The molecule has 0 fully saturated rings. The molecule has 0 saturated heterocycles. The van der Waals surface area contributed by atoms with Gasteiger partial charge in [0.15, 0.2) is 0 Å². The first-order valence-electron chi connectivity index (χ1n) is 7.53. The van der Waals surface area contributed by atoms with E-state index in [1.54, 1.807) is 0 Å². The van der Waals surface area contributed by atoms with E-state index in [0.29, 0.717) is 6.42 Å². The van der Waals surface area contributed by atoms with E-state index < -0.39 is 18.4 Å². The van der Waals surface area contributed by atoms with Crippen molar-refractivity contribution in [1.29, 1.82) is 0 Å². The van der Waals surface area contributed by atoms with Gasteiger partial charge in [-0.05, 0) is 48.7 Å². The maximum Gasteiger partial charge on any atom is 0.264 e. The van der Waals surface area contributed by atoms with Crippen molar-refractivity contribution >= 4 is 18.4 Å². The quantitative estimate of drug-likeness (QED) is 0.426. The van der Waals surface area contributed by atoms with Crippen molar-refractivity contribution in [3.63, 3.8) is 0 Å². The lowest BCUT2D eigenvalue weighted by atomic mass is 10.1. The lowest BCUT2D eigenvalue weighted by Crippen LogP contribution is -2.43. The highest BCUT2D eigenvalue weighted by Crippen LogP contribution is 2.37. The highest BCUT2D eigenvalue weighted by atomic mass is 32.2. The van der Waals surface area contributed by atoms with Gasteiger partial charge in [0.1, 0.15) is 5.75 Å². The molecule has 4 nitrogen and oxygen atoms in total. The van der Waals surface area contributed by atoms with Gasteiger partial charge in [-0.25, -0.2) is 0 Å². The summed E-state index contributed by atoms with van der Waals surface area (Å²) in [7, 11) is -5.14. The summed E-state index contributed by atoms with van der Waals surface area (Å²) in [6.45, 7) is 11.3. The average molecular weight is 345 g/mol. The molecule has 22 heavy (non-hydrogen) atoms. The Kier molecular flexibility index (Phi) is 6.24. The van der Waals surface area contributed by atoms with Gasteiger partial charge in [0.25, 0.3) is 10.1 Å². The summed E-state index contributed by atoms with van der Waals surface area (Å²) in [5.41, 5.74) is 1.15. The minimum Gasteiger partial charge on any atom is -0.544 e. The van der Waals surface area contributed by atoms with Crippen LogP contribution in [0.5, 0.6) is 5.75 Å². The molecule has 1 aromatic carbocycles. The average Bonchev–Trinajstić information content (AvgIpc) is 2.33. The van der Waals surface area contributed by atoms with Crippen LogP contribution in [0, 0.1) is 0 Å². The highest BCUT2D eigenvalue weighted by molar-refractivity contribution is 7.85. The van der Waals surface area contributed by atoms with Crippen LogP contribution in [-0.2, 0) is 20.7 Å². The largest absolute Gasteiger partial charge is 0.544 e. The minimum atomic E-state index is -3.34. The zero-order valence-electron chi connectivity index (χ0n) is 14.5. The summed E-state index contributed by atoms with van der Waals surface area (Å²) in [6.07, 6.45) is 2.53. The van der Waals surface area contributed by atoms with Crippen molar-refractivity contribution in [2.75, 3.05) is 12.9 Å². The topological polar surface area (TPSA) is 52.6 Å². The zero-order valence-corrected chi connectivity index (χ0v) is 16.3. The second-order valence-corrected chi connectivity index (χ2v) is 13.5. The number of rotatable bonds is 7. The Morgan fingerprint density at radius 1 is 1.09 bits per heavy atom. The first-order valence-corrected chi connectivity index (χ1v) is 12.3. The lowest BCUT2D eigenvalue weighted by molar-refractivity contribution is 0.316. The van der Waals surface area contributed by atoms with E-state index in [2.05, 4.69) is 33.9 Å². The molecule has 0 radical (unpaired) electrons. The molecule has 0 N–H and O–H groups in total. The van der Waals surface area contributed by atoms with Gasteiger partial charge in [0.2, 0.25) is 8.32 Å². The number of hydrogen-bond donors (Lipinski definition) is 0. The summed E-state index contributed by atoms with van der Waals surface area (Å²) in [6, 6.07) is 8.05. The van der Waals surface area contributed by atoms with E-state index in [4.69, 9.17) is 8.61 Å². The normalized spacial score (nSPS) is 13.2. The van der Waals surface area contributed by atoms with Crippen molar-refractivity contribution in [1.82, 2.24) is 0 Å². The van der Waals surface area contributed by atoms with Gasteiger partial charge in [-0.1, -0.05) is 32.9 Å². The third kappa shape index (κ3) is 6.50. The molecule has 0 heterocycles. The van der Waals surface area contributed by atoms with Crippen LogP contribution < -0.4 is 4.43 Å². The summed E-state index contributed by atoms with van der Waals surface area (Å²) < 4.78 is 32.7. The zero-order chi connectivity index (χ0) is 17.0. The SMILES string of the molecule is CC(C)(C)[Si](C)(C)Oc1ccc(CCCOS(C)(=O)=O)cc1. The Bertz CT molecular complexity index is 571. The molecule has 0 atom stereocenters. The Labute approximate surface area is 136 Å². The first kappa shape index (κ1) is 19.2. The monoisotopic (exact) mass is 344 g/mol. The Hall–Kier alpha value is -0.853. The lowest BCUT2D eigenvalue weighted by Gasteiger charge is -2.36. The maximum absolute atomic E-state index is 10.9. The second-order valence-electron chi connectivity index (χ2n) is 7.14. The van der Waals surface area contributed by atoms with Crippen LogP contribution in [0.2, 0.25) is 18.1 Å². The van der Waals surface area contributed by atoms with Gasteiger partial charge in [-0.2, -0.15) is 8.42 Å². The molecule has 0 unspecified atom stereocenters. The summed E-state index contributed by atoms with van der Waals surface area (Å²) in [5, 5.41) is 0.175. The molecule has 0 aromatic heterocycles. The molecule has 1 rings (SSSR count). The predicted octanol–water partition coefficient (Wildman–Crippen LogP) is 3.98. The summed E-state index contributed by atoms with van der Waals surface area (Å²) >= 11 is 0. The fourth-order valence-electron chi connectivity index (χ4n) is 1.66. The van der Waals surface area contributed by atoms with Crippen LogP contribution in [0.3, 0.4) is 0 Å². The molecular formula is C16H28O4SSi. The maximum atomic E-state index is 10.9. The van der Waals surface area contributed by atoms with Crippen molar-refractivity contribution in [2.24, 2.45) is 0 Å². The second kappa shape index (κ2) is 7.15. The van der Waals surface area contributed by atoms with E-state index in [9.17, 15) is 8.42 Å². The summed E-state index contributed by atoms with van der Waals surface area (Å²) in [5.74, 6) is 0.905. The van der Waals surface area contributed by atoms with Crippen LogP contribution in [0.1, 0.15) is 32.8 Å². The van der Waals surface area contributed by atoms with E-state index in [1.165, 1.54) is 0 Å². The molecule has 0 bridgehead atoms. The Balaban J connectivity index is 2.53. The number of benzene rings is 1. The molecule has 0 spiro atoms. The Morgan fingerprint density at radius 3 is 2.09 bits per heavy atom. The van der Waals surface area contributed by atoms with Crippen molar-refractivity contribution in [3.05, 3.63) is 29.8 Å². The van der Waals surface area contributed by atoms with Gasteiger partial charge in [-0.15, -0.1) is 0 Å². The fourth-order valence-corrected chi connectivity index (χ4v) is 3.11. The molecule has 126 valence electrons. The summed E-state index contributed by atoms with van der Waals surface area (Å²) in [4.78, 5) is 0. The van der Waals surface area contributed by atoms with Crippen LogP contribution in [0.4, 0.5) is 0 Å². The van der Waals surface area contributed by atoms with Gasteiger partial charge in [0, 0.05) is 0 Å². The van der Waals surface area contributed by atoms with Crippen LogP contribution in [0.15, 0.2) is 24.3 Å². The van der Waals surface area contributed by atoms with Crippen molar-refractivity contribution in [3.8, 4) is 5.75 Å². The molecule has 6 heteroatoms. The molecule has 0 saturated carbocycles. The Morgan fingerprint density at radius 2 is 1.64 bits per heavy atom. The van der Waals surface area contributed by atoms with E-state index >= 15 is 0 Å². The van der Waals surface area contributed by atoms with E-state index in [0.717, 1.165) is 24.0 Å². The van der Waals surface area contributed by atoms with Gasteiger partial charge < -0.3 is 4.43 Å². The fraction of sp³-hybridized carbons (Fsp3) is 0.625.